The Morgan fingerprint density at radius 2 is 1.74 bits per heavy atom. The molecule has 1 aliphatic heterocycles. The maximum Gasteiger partial charge on any atom is 0.218 e. The molecular formula is C17H17F3N2O. The zero-order valence-corrected chi connectivity index (χ0v) is 12.5. The number of pyridine rings is 1. The highest BCUT2D eigenvalue weighted by Crippen LogP contribution is 2.34. The molecule has 1 aromatic heterocycles. The van der Waals surface area contributed by atoms with Crippen molar-refractivity contribution in [1.82, 2.24) is 9.88 Å². The Bertz CT molecular complexity index is 680. The smallest absolute Gasteiger partial charge is 0.218 e. The first-order chi connectivity index (χ1) is 11.0. The molecule has 3 nitrogen and oxygen atoms in total. The average molecular weight is 322 g/mol. The molecule has 0 amide bonds. The van der Waals surface area contributed by atoms with Gasteiger partial charge in [-0.3, -0.25) is 4.90 Å². The molecule has 1 saturated heterocycles. The van der Waals surface area contributed by atoms with Crippen molar-refractivity contribution >= 4 is 0 Å². The highest BCUT2D eigenvalue weighted by molar-refractivity contribution is 5.21. The zero-order chi connectivity index (χ0) is 16.4. The van der Waals surface area contributed by atoms with Crippen LogP contribution >= 0.6 is 0 Å². The van der Waals surface area contributed by atoms with Gasteiger partial charge in [-0.15, -0.1) is 0 Å². The van der Waals surface area contributed by atoms with Crippen LogP contribution in [-0.4, -0.2) is 28.1 Å². The maximum atomic E-state index is 13.8. The van der Waals surface area contributed by atoms with Gasteiger partial charge in [0.1, 0.15) is 11.6 Å². The summed E-state index contributed by atoms with van der Waals surface area (Å²) in [6, 6.07) is 6.57. The van der Waals surface area contributed by atoms with Gasteiger partial charge in [-0.1, -0.05) is 6.07 Å². The monoisotopic (exact) mass is 322 g/mol. The van der Waals surface area contributed by atoms with Crippen LogP contribution in [-0.2, 0) is 12.1 Å². The van der Waals surface area contributed by atoms with Crippen LogP contribution in [0.5, 0.6) is 0 Å². The topological polar surface area (TPSA) is 36.4 Å². The third-order valence-electron chi connectivity index (χ3n) is 4.27. The van der Waals surface area contributed by atoms with Crippen molar-refractivity contribution in [2.45, 2.75) is 25.0 Å². The largest absolute Gasteiger partial charge is 0.385 e. The van der Waals surface area contributed by atoms with Gasteiger partial charge >= 0.3 is 0 Å². The molecule has 0 bridgehead atoms. The van der Waals surface area contributed by atoms with E-state index in [0.29, 0.717) is 38.0 Å². The van der Waals surface area contributed by atoms with E-state index in [4.69, 9.17) is 0 Å². The summed E-state index contributed by atoms with van der Waals surface area (Å²) >= 11 is 0. The molecule has 23 heavy (non-hydrogen) atoms. The van der Waals surface area contributed by atoms with E-state index in [9.17, 15) is 18.3 Å². The van der Waals surface area contributed by atoms with Gasteiger partial charge < -0.3 is 5.11 Å². The Balaban J connectivity index is 1.67. The maximum absolute atomic E-state index is 13.8. The van der Waals surface area contributed by atoms with Crippen LogP contribution < -0.4 is 0 Å². The van der Waals surface area contributed by atoms with Gasteiger partial charge in [-0.25, -0.2) is 13.8 Å². The molecule has 1 aliphatic rings. The molecule has 0 spiro atoms. The van der Waals surface area contributed by atoms with Crippen LogP contribution in [0.2, 0.25) is 0 Å². The van der Waals surface area contributed by atoms with E-state index < -0.39 is 23.2 Å². The highest BCUT2D eigenvalue weighted by Gasteiger charge is 2.36. The highest BCUT2D eigenvalue weighted by atomic mass is 19.1. The molecule has 6 heteroatoms. The number of aliphatic hydroxyl groups is 1. The zero-order valence-electron chi connectivity index (χ0n) is 12.5. The molecule has 1 aromatic carbocycles. The molecule has 122 valence electrons. The van der Waals surface area contributed by atoms with Gasteiger partial charge in [0.25, 0.3) is 0 Å². The van der Waals surface area contributed by atoms with Gasteiger partial charge in [0.05, 0.1) is 5.60 Å². The first kappa shape index (κ1) is 16.0. The lowest BCUT2D eigenvalue weighted by Gasteiger charge is -2.38. The molecule has 1 fully saturated rings. The number of likely N-dealkylation sites (tertiary alicyclic amines) is 1. The molecule has 2 heterocycles. The third kappa shape index (κ3) is 3.54. The lowest BCUT2D eigenvalue weighted by atomic mass is 9.85. The molecule has 0 saturated carbocycles. The minimum atomic E-state index is -1.25. The van der Waals surface area contributed by atoms with Crippen molar-refractivity contribution in [3.8, 4) is 0 Å². The normalized spacial score (nSPS) is 18.1. The Hall–Kier alpha value is -1.92. The second kappa shape index (κ2) is 6.29. The Morgan fingerprint density at radius 3 is 2.35 bits per heavy atom. The van der Waals surface area contributed by atoms with Crippen LogP contribution in [0.1, 0.15) is 24.0 Å². The van der Waals surface area contributed by atoms with Gasteiger partial charge in [-0.2, -0.15) is 4.39 Å². The Kier molecular flexibility index (Phi) is 4.37. The van der Waals surface area contributed by atoms with Crippen LogP contribution in [0, 0.1) is 17.6 Å². The van der Waals surface area contributed by atoms with E-state index in [0.717, 1.165) is 6.07 Å². The molecule has 0 atom stereocenters. The first-order valence-corrected chi connectivity index (χ1v) is 7.47. The summed E-state index contributed by atoms with van der Waals surface area (Å²) in [6.45, 7) is 1.40. The van der Waals surface area contributed by atoms with Crippen LogP contribution in [0.15, 0.2) is 36.5 Å². The summed E-state index contributed by atoms with van der Waals surface area (Å²) in [4.78, 5) is 5.57. The minimum absolute atomic E-state index is 0.205. The number of piperidine rings is 1. The number of nitrogens with zero attached hydrogens (tertiary/aromatic N) is 2. The van der Waals surface area contributed by atoms with E-state index in [1.807, 2.05) is 4.90 Å². The molecular weight excluding hydrogens is 305 g/mol. The van der Waals surface area contributed by atoms with Crippen LogP contribution in [0.3, 0.4) is 0 Å². The van der Waals surface area contributed by atoms with Crippen molar-refractivity contribution in [1.29, 1.82) is 0 Å². The van der Waals surface area contributed by atoms with E-state index in [1.165, 1.54) is 18.3 Å². The number of benzene rings is 1. The number of halogens is 3. The van der Waals surface area contributed by atoms with Crippen molar-refractivity contribution < 1.29 is 18.3 Å². The first-order valence-electron chi connectivity index (χ1n) is 7.47. The molecule has 1 N–H and O–H groups in total. The van der Waals surface area contributed by atoms with Crippen molar-refractivity contribution in [2.75, 3.05) is 13.1 Å². The fourth-order valence-electron chi connectivity index (χ4n) is 3.04. The van der Waals surface area contributed by atoms with E-state index in [2.05, 4.69) is 4.98 Å². The molecule has 0 radical (unpaired) electrons. The predicted octanol–water partition coefficient (Wildman–Crippen LogP) is 2.98. The van der Waals surface area contributed by atoms with E-state index in [1.54, 1.807) is 12.1 Å². The van der Waals surface area contributed by atoms with Gasteiger partial charge in [0.15, 0.2) is 0 Å². The minimum Gasteiger partial charge on any atom is -0.385 e. The lowest BCUT2D eigenvalue weighted by molar-refractivity contribution is -0.0308. The third-order valence-corrected chi connectivity index (χ3v) is 4.27. The SMILES string of the molecule is OC1(c2cccnc2F)CCN(Cc2cc(F)cc(F)c2)CC1. The standard InChI is InChI=1S/C17H17F3N2O/c18-13-8-12(9-14(19)10-13)11-22-6-3-17(23,4-7-22)15-2-1-5-21-16(15)20/h1-2,5,8-10,23H,3-4,6-7,11H2. The summed E-state index contributed by atoms with van der Waals surface area (Å²) in [5.41, 5.74) is -0.501. The molecule has 3 rings (SSSR count). The quantitative estimate of drug-likeness (QED) is 0.883. The summed E-state index contributed by atoms with van der Waals surface area (Å²) < 4.78 is 40.2. The second-order valence-corrected chi connectivity index (χ2v) is 5.93. The summed E-state index contributed by atoms with van der Waals surface area (Å²) in [6.07, 6.45) is 2.02. The second-order valence-electron chi connectivity index (χ2n) is 5.93. The fourth-order valence-corrected chi connectivity index (χ4v) is 3.04. The summed E-state index contributed by atoms with van der Waals surface area (Å²) in [7, 11) is 0. The molecule has 0 unspecified atom stereocenters. The predicted molar refractivity (Wildman–Crippen MR) is 79.0 cm³/mol. The Labute approximate surface area is 132 Å². The summed E-state index contributed by atoms with van der Waals surface area (Å²) in [5.74, 6) is -1.87. The van der Waals surface area contributed by atoms with Crippen LogP contribution in [0.4, 0.5) is 13.2 Å². The van der Waals surface area contributed by atoms with Crippen LogP contribution in [0.25, 0.3) is 0 Å². The summed E-state index contributed by atoms with van der Waals surface area (Å²) in [5, 5.41) is 10.7. The Morgan fingerprint density at radius 1 is 1.09 bits per heavy atom. The van der Waals surface area contributed by atoms with Crippen molar-refractivity contribution in [2.24, 2.45) is 0 Å². The average Bonchev–Trinajstić information content (AvgIpc) is 2.49. The van der Waals surface area contributed by atoms with Gasteiger partial charge in [0.2, 0.25) is 5.95 Å². The molecule has 2 aromatic rings. The van der Waals surface area contributed by atoms with E-state index >= 15 is 0 Å². The van der Waals surface area contributed by atoms with Gasteiger partial charge in [-0.05, 0) is 36.6 Å². The fraction of sp³-hybridized carbons (Fsp3) is 0.353. The lowest BCUT2D eigenvalue weighted by Crippen LogP contribution is -2.42. The molecule has 0 aliphatic carbocycles. The number of hydrogen-bond donors (Lipinski definition) is 1. The number of hydrogen-bond acceptors (Lipinski definition) is 3. The van der Waals surface area contributed by atoms with Crippen molar-refractivity contribution in [3.63, 3.8) is 0 Å². The number of aromatic nitrogens is 1. The van der Waals surface area contributed by atoms with E-state index in [-0.39, 0.29) is 5.56 Å². The van der Waals surface area contributed by atoms with Crippen molar-refractivity contribution in [3.05, 3.63) is 65.2 Å². The van der Waals surface area contributed by atoms with Gasteiger partial charge in [0, 0.05) is 37.5 Å². The number of rotatable bonds is 3.